The average Bonchev–Trinajstić information content (AvgIpc) is 3.27. The normalized spacial score (nSPS) is 12.5. The minimum atomic E-state index is -3.90. The Balaban J connectivity index is 1.75. The Morgan fingerprint density at radius 2 is 1.70 bits per heavy atom. The lowest BCUT2D eigenvalue weighted by molar-refractivity contribution is 0.357. The highest BCUT2D eigenvalue weighted by atomic mass is 32.2. The molecule has 4 aromatic rings. The van der Waals surface area contributed by atoms with Crippen molar-refractivity contribution >= 4 is 20.9 Å². The monoisotopic (exact) mass is 464 g/mol. The van der Waals surface area contributed by atoms with Crippen LogP contribution in [0.1, 0.15) is 43.2 Å². The van der Waals surface area contributed by atoms with Gasteiger partial charge < -0.3 is 9.40 Å². The molecule has 0 aliphatic carbocycles. The molecule has 172 valence electrons. The van der Waals surface area contributed by atoms with Gasteiger partial charge in [0.25, 0.3) is 5.56 Å². The highest BCUT2D eigenvalue weighted by molar-refractivity contribution is 7.89. The van der Waals surface area contributed by atoms with E-state index in [0.29, 0.717) is 11.3 Å². The second-order valence-corrected chi connectivity index (χ2v) is 11.2. The zero-order chi connectivity index (χ0) is 23.8. The Kier molecular flexibility index (Phi) is 6.03. The molecule has 1 N–H and O–H groups in total. The molecule has 2 heterocycles. The minimum absolute atomic E-state index is 0.0155. The first kappa shape index (κ1) is 23.0. The summed E-state index contributed by atoms with van der Waals surface area (Å²) in [5, 5.41) is 0.856. The minimum Gasteiger partial charge on any atom is -0.468 e. The first-order valence-corrected chi connectivity index (χ1v) is 12.2. The summed E-state index contributed by atoms with van der Waals surface area (Å²) in [6.45, 7) is 8.09. The van der Waals surface area contributed by atoms with Crippen LogP contribution in [0.15, 0.2) is 81.0 Å². The van der Waals surface area contributed by atoms with Crippen molar-refractivity contribution in [3.63, 3.8) is 0 Å². The van der Waals surface area contributed by atoms with E-state index in [1.807, 2.05) is 37.3 Å². The van der Waals surface area contributed by atoms with Gasteiger partial charge in [0.2, 0.25) is 10.0 Å². The number of benzene rings is 2. The molecule has 0 amide bonds. The third kappa shape index (κ3) is 4.79. The van der Waals surface area contributed by atoms with Gasteiger partial charge in [-0.2, -0.15) is 4.31 Å². The van der Waals surface area contributed by atoms with Gasteiger partial charge >= 0.3 is 0 Å². The summed E-state index contributed by atoms with van der Waals surface area (Å²) in [4.78, 5) is 15.9. The van der Waals surface area contributed by atoms with E-state index in [2.05, 4.69) is 25.8 Å². The molecule has 33 heavy (non-hydrogen) atoms. The number of aromatic nitrogens is 1. The zero-order valence-electron chi connectivity index (χ0n) is 19.3. The van der Waals surface area contributed by atoms with Crippen molar-refractivity contribution < 1.29 is 12.8 Å². The number of nitrogens with zero attached hydrogens (tertiary/aromatic N) is 1. The lowest BCUT2D eigenvalue weighted by Gasteiger charge is -2.23. The fraction of sp³-hybridized carbons (Fsp3) is 0.269. The summed E-state index contributed by atoms with van der Waals surface area (Å²) in [6.07, 6.45) is 1.50. The standard InChI is InChI=1S/C26H28N2O4S/c1-18-7-5-8-19-15-20(25(29)27-24(18)19)16-28(17-22-9-6-14-32-22)33(30,31)23-12-10-21(11-13-23)26(2,3)4/h5-15H,16-17H2,1-4H3,(H,27,29). The van der Waals surface area contributed by atoms with Gasteiger partial charge in [-0.3, -0.25) is 4.79 Å². The first-order valence-electron chi connectivity index (χ1n) is 10.8. The fourth-order valence-electron chi connectivity index (χ4n) is 3.81. The molecule has 2 aromatic heterocycles. The van der Waals surface area contributed by atoms with Crippen molar-refractivity contribution in [1.82, 2.24) is 9.29 Å². The van der Waals surface area contributed by atoms with Crippen LogP contribution in [0, 0.1) is 6.92 Å². The van der Waals surface area contributed by atoms with Crippen LogP contribution in [0.25, 0.3) is 10.9 Å². The van der Waals surface area contributed by atoms with E-state index >= 15 is 0 Å². The van der Waals surface area contributed by atoms with Crippen molar-refractivity contribution in [2.24, 2.45) is 0 Å². The van der Waals surface area contributed by atoms with Crippen LogP contribution in [-0.2, 0) is 28.5 Å². The van der Waals surface area contributed by atoms with E-state index in [0.717, 1.165) is 22.0 Å². The van der Waals surface area contributed by atoms with Gasteiger partial charge in [-0.05, 0) is 59.2 Å². The summed E-state index contributed by atoms with van der Waals surface area (Å²) in [5.74, 6) is 0.498. The number of H-pyrrole nitrogens is 1. The largest absolute Gasteiger partial charge is 0.468 e. The lowest BCUT2D eigenvalue weighted by atomic mass is 9.87. The number of aryl methyl sites for hydroxylation is 1. The molecule has 0 saturated heterocycles. The number of para-hydroxylation sites is 1. The van der Waals surface area contributed by atoms with Crippen molar-refractivity contribution in [3.8, 4) is 0 Å². The van der Waals surface area contributed by atoms with Gasteiger partial charge in [-0.15, -0.1) is 0 Å². The van der Waals surface area contributed by atoms with Crippen LogP contribution in [-0.4, -0.2) is 17.7 Å². The molecule has 0 radical (unpaired) electrons. The molecule has 0 spiro atoms. The molecule has 0 saturated carbocycles. The molecule has 2 aromatic carbocycles. The molecular weight excluding hydrogens is 436 g/mol. The summed E-state index contributed by atoms with van der Waals surface area (Å²) in [5.41, 5.74) is 2.72. The van der Waals surface area contributed by atoms with Crippen molar-refractivity contribution in [2.75, 3.05) is 0 Å². The number of aromatic amines is 1. The molecule has 0 bridgehead atoms. The van der Waals surface area contributed by atoms with E-state index in [-0.39, 0.29) is 29.0 Å². The molecule has 0 unspecified atom stereocenters. The van der Waals surface area contributed by atoms with Crippen LogP contribution in [0.3, 0.4) is 0 Å². The van der Waals surface area contributed by atoms with Gasteiger partial charge in [0.05, 0.1) is 23.2 Å². The number of sulfonamides is 1. The summed E-state index contributed by atoms with van der Waals surface area (Å²) >= 11 is 0. The van der Waals surface area contributed by atoms with E-state index in [1.54, 1.807) is 30.3 Å². The zero-order valence-corrected chi connectivity index (χ0v) is 20.1. The summed E-state index contributed by atoms with van der Waals surface area (Å²) < 4.78 is 34.0. The van der Waals surface area contributed by atoms with Gasteiger partial charge in [0.1, 0.15) is 5.76 Å². The number of pyridine rings is 1. The summed E-state index contributed by atoms with van der Waals surface area (Å²) in [6, 6.07) is 17.8. The van der Waals surface area contributed by atoms with Crippen molar-refractivity contribution in [2.45, 2.75) is 51.1 Å². The van der Waals surface area contributed by atoms with E-state index in [1.165, 1.54) is 10.6 Å². The molecule has 0 aliphatic heterocycles. The number of hydrogen-bond acceptors (Lipinski definition) is 4. The smallest absolute Gasteiger partial charge is 0.252 e. The molecular formula is C26H28N2O4S. The topological polar surface area (TPSA) is 83.4 Å². The van der Waals surface area contributed by atoms with Crippen LogP contribution in [0.4, 0.5) is 0 Å². The Hall–Kier alpha value is -3.16. The van der Waals surface area contributed by atoms with Gasteiger partial charge in [-0.25, -0.2) is 8.42 Å². The maximum Gasteiger partial charge on any atom is 0.252 e. The van der Waals surface area contributed by atoms with E-state index < -0.39 is 10.0 Å². The first-order chi connectivity index (χ1) is 15.6. The maximum atomic E-state index is 13.6. The van der Waals surface area contributed by atoms with Crippen LogP contribution < -0.4 is 5.56 Å². The van der Waals surface area contributed by atoms with Gasteiger partial charge in [0, 0.05) is 12.1 Å². The molecule has 0 aliphatic rings. The van der Waals surface area contributed by atoms with Crippen LogP contribution in [0.5, 0.6) is 0 Å². The third-order valence-corrected chi connectivity index (χ3v) is 7.59. The molecule has 6 nitrogen and oxygen atoms in total. The second-order valence-electron chi connectivity index (χ2n) is 9.29. The number of hydrogen-bond donors (Lipinski definition) is 1. The number of nitrogens with one attached hydrogen (secondary N) is 1. The fourth-order valence-corrected chi connectivity index (χ4v) is 5.20. The Bertz CT molecular complexity index is 1430. The predicted octanol–water partition coefficient (Wildman–Crippen LogP) is 5.12. The highest BCUT2D eigenvalue weighted by Gasteiger charge is 2.27. The van der Waals surface area contributed by atoms with E-state index in [9.17, 15) is 13.2 Å². The second kappa shape index (κ2) is 8.65. The van der Waals surface area contributed by atoms with Crippen LogP contribution >= 0.6 is 0 Å². The summed E-state index contributed by atoms with van der Waals surface area (Å²) in [7, 11) is -3.90. The molecule has 0 atom stereocenters. The Morgan fingerprint density at radius 1 is 0.970 bits per heavy atom. The van der Waals surface area contributed by atoms with Crippen LogP contribution in [0.2, 0.25) is 0 Å². The van der Waals surface area contributed by atoms with Gasteiger partial charge in [-0.1, -0.05) is 51.1 Å². The average molecular weight is 465 g/mol. The van der Waals surface area contributed by atoms with E-state index in [4.69, 9.17) is 4.42 Å². The predicted molar refractivity (Wildman–Crippen MR) is 130 cm³/mol. The number of furan rings is 1. The van der Waals surface area contributed by atoms with Gasteiger partial charge in [0.15, 0.2) is 0 Å². The molecule has 4 rings (SSSR count). The maximum absolute atomic E-state index is 13.6. The molecule has 7 heteroatoms. The third-order valence-electron chi connectivity index (χ3n) is 5.78. The SMILES string of the molecule is Cc1cccc2cc(CN(Cc3ccco3)S(=O)(=O)c3ccc(C(C)(C)C)cc3)c(=O)[nH]c12. The lowest BCUT2D eigenvalue weighted by Crippen LogP contribution is -2.32. The van der Waals surface area contributed by atoms with Crippen molar-refractivity contribution in [1.29, 1.82) is 0 Å². The quantitative estimate of drug-likeness (QED) is 0.429. The Morgan fingerprint density at radius 3 is 2.33 bits per heavy atom. The Labute approximate surface area is 193 Å². The van der Waals surface area contributed by atoms with Crippen molar-refractivity contribution in [3.05, 3.63) is 99.7 Å². The molecule has 0 fully saturated rings. The number of fused-ring (bicyclic) bond motifs is 1. The number of rotatable bonds is 6. The highest BCUT2D eigenvalue weighted by Crippen LogP contribution is 2.26.